The van der Waals surface area contributed by atoms with Crippen LogP contribution in [0.4, 0.5) is 5.69 Å². The normalized spacial score (nSPS) is 15.8. The average molecular weight is 365 g/mol. The van der Waals surface area contributed by atoms with Gasteiger partial charge in [-0.2, -0.15) is 0 Å². The second-order valence-electron chi connectivity index (χ2n) is 5.65. The summed E-state index contributed by atoms with van der Waals surface area (Å²) in [5.41, 5.74) is 8.16. The number of nitrogen functional groups attached to an aromatic ring is 1. The zero-order valence-corrected chi connectivity index (χ0v) is 14.9. The molecule has 134 valence electrons. The molecule has 0 aliphatic carbocycles. The van der Waals surface area contributed by atoms with Gasteiger partial charge in [0.1, 0.15) is 17.6 Å². The summed E-state index contributed by atoms with van der Waals surface area (Å²) in [6, 6.07) is 10.4. The largest absolute Gasteiger partial charge is 0.496 e. The maximum atomic E-state index is 12.8. The number of β-amino-alcohol motifs (C(OH)–C–C–N with tert-alkyl or cyclic N) is 1. The Hall–Kier alpha value is -2.44. The van der Waals surface area contributed by atoms with Crippen LogP contribution in [0.2, 0.25) is 0 Å². The number of anilines is 1. The number of aliphatic hydroxyl groups is 1. The zero-order chi connectivity index (χ0) is 17.3. The lowest BCUT2D eigenvalue weighted by molar-refractivity contribution is 0.0539. The fourth-order valence-corrected chi connectivity index (χ4v) is 3.09. The number of ether oxygens (including phenoxy) is 2. The molecule has 3 N–H and O–H groups in total. The summed E-state index contributed by atoms with van der Waals surface area (Å²) in [5.74, 6) is 0.982. The summed E-state index contributed by atoms with van der Waals surface area (Å²) in [6.45, 7) is 0.490. The fraction of sp³-hybridized carbons (Fsp3) is 0.278. The van der Waals surface area contributed by atoms with E-state index in [2.05, 4.69) is 0 Å². The van der Waals surface area contributed by atoms with Gasteiger partial charge in [-0.15, -0.1) is 12.4 Å². The molecule has 0 radical (unpaired) electrons. The Bertz CT molecular complexity index is 782. The number of nitrogens with zero attached hydrogens (tertiary/aromatic N) is 1. The number of halogens is 1. The van der Waals surface area contributed by atoms with Crippen molar-refractivity contribution in [2.45, 2.75) is 12.6 Å². The number of para-hydroxylation sites is 1. The van der Waals surface area contributed by atoms with Crippen molar-refractivity contribution >= 4 is 24.0 Å². The summed E-state index contributed by atoms with van der Waals surface area (Å²) in [7, 11) is 3.11. The first-order chi connectivity index (χ1) is 11.6. The van der Waals surface area contributed by atoms with Crippen molar-refractivity contribution in [3.05, 3.63) is 53.1 Å². The summed E-state index contributed by atoms with van der Waals surface area (Å²) in [6.07, 6.45) is -0.854. The molecule has 0 saturated carbocycles. The Morgan fingerprint density at radius 3 is 2.44 bits per heavy atom. The molecule has 25 heavy (non-hydrogen) atoms. The van der Waals surface area contributed by atoms with E-state index in [1.165, 1.54) is 0 Å². The third kappa shape index (κ3) is 3.36. The molecule has 1 heterocycles. The Morgan fingerprint density at radius 1 is 1.16 bits per heavy atom. The molecule has 0 bridgehead atoms. The van der Waals surface area contributed by atoms with E-state index >= 15 is 0 Å². The number of hydrogen-bond donors (Lipinski definition) is 2. The van der Waals surface area contributed by atoms with Gasteiger partial charge in [0.15, 0.2) is 0 Å². The molecular weight excluding hydrogens is 344 g/mol. The van der Waals surface area contributed by atoms with Crippen LogP contribution < -0.4 is 15.2 Å². The molecule has 3 rings (SSSR count). The number of carbonyl (C=O) groups is 1. The second kappa shape index (κ2) is 7.63. The van der Waals surface area contributed by atoms with Crippen molar-refractivity contribution in [1.29, 1.82) is 0 Å². The van der Waals surface area contributed by atoms with Crippen molar-refractivity contribution in [3.63, 3.8) is 0 Å². The van der Waals surface area contributed by atoms with Gasteiger partial charge in [-0.05, 0) is 24.3 Å². The van der Waals surface area contributed by atoms with Gasteiger partial charge in [0, 0.05) is 16.8 Å². The lowest BCUT2D eigenvalue weighted by Gasteiger charge is -2.34. The number of methoxy groups -OCH3 is 2. The summed E-state index contributed by atoms with van der Waals surface area (Å²) >= 11 is 0. The minimum Gasteiger partial charge on any atom is -0.496 e. The molecule has 0 spiro atoms. The smallest absolute Gasteiger partial charge is 0.256 e. The molecule has 0 saturated heterocycles. The Kier molecular flexibility index (Phi) is 5.77. The summed E-state index contributed by atoms with van der Waals surface area (Å²) in [5, 5.41) is 10.6. The van der Waals surface area contributed by atoms with Gasteiger partial charge in [-0.3, -0.25) is 4.79 Å². The summed E-state index contributed by atoms with van der Waals surface area (Å²) in [4.78, 5) is 14.4. The van der Waals surface area contributed by atoms with Crippen LogP contribution in [0.5, 0.6) is 11.5 Å². The predicted octanol–water partition coefficient (Wildman–Crippen LogP) is 2.40. The molecule has 7 heteroatoms. The highest BCUT2D eigenvalue weighted by molar-refractivity contribution is 5.99. The Labute approximate surface area is 152 Å². The molecule has 1 aliphatic rings. The minimum atomic E-state index is -0.854. The van der Waals surface area contributed by atoms with Gasteiger partial charge >= 0.3 is 0 Å². The number of carbonyl (C=O) groups excluding carboxylic acids is 1. The monoisotopic (exact) mass is 364 g/mol. The van der Waals surface area contributed by atoms with E-state index in [4.69, 9.17) is 15.2 Å². The van der Waals surface area contributed by atoms with Crippen molar-refractivity contribution in [2.75, 3.05) is 26.5 Å². The fourth-order valence-electron chi connectivity index (χ4n) is 3.09. The first-order valence-corrected chi connectivity index (χ1v) is 7.62. The quantitative estimate of drug-likeness (QED) is 0.817. The van der Waals surface area contributed by atoms with Gasteiger partial charge in [-0.25, -0.2) is 0 Å². The second-order valence-corrected chi connectivity index (χ2v) is 5.65. The first kappa shape index (κ1) is 18.9. The third-order valence-electron chi connectivity index (χ3n) is 4.27. The van der Waals surface area contributed by atoms with Gasteiger partial charge in [-0.1, -0.05) is 12.1 Å². The number of hydrogen-bond acceptors (Lipinski definition) is 5. The molecule has 1 amide bonds. The maximum absolute atomic E-state index is 12.8. The molecule has 2 aromatic carbocycles. The van der Waals surface area contributed by atoms with Gasteiger partial charge < -0.3 is 25.2 Å². The molecule has 1 unspecified atom stereocenters. The van der Waals surface area contributed by atoms with Crippen molar-refractivity contribution in [3.8, 4) is 11.5 Å². The molecule has 0 aromatic heterocycles. The number of rotatable bonds is 3. The van der Waals surface area contributed by atoms with E-state index < -0.39 is 6.10 Å². The zero-order valence-electron chi connectivity index (χ0n) is 14.1. The van der Waals surface area contributed by atoms with E-state index in [9.17, 15) is 9.90 Å². The van der Waals surface area contributed by atoms with Crippen LogP contribution in [0.25, 0.3) is 0 Å². The van der Waals surface area contributed by atoms with Crippen LogP contribution in [0.1, 0.15) is 27.6 Å². The van der Waals surface area contributed by atoms with E-state index in [0.717, 1.165) is 5.56 Å². The van der Waals surface area contributed by atoms with Crippen LogP contribution in [0, 0.1) is 0 Å². The minimum absolute atomic E-state index is 0. The lowest BCUT2D eigenvalue weighted by Crippen LogP contribution is -2.39. The highest BCUT2D eigenvalue weighted by Crippen LogP contribution is 2.39. The highest BCUT2D eigenvalue weighted by atomic mass is 35.5. The Balaban J connectivity index is 0.00000225. The molecule has 1 aliphatic heterocycles. The van der Waals surface area contributed by atoms with Crippen LogP contribution in [-0.4, -0.2) is 36.7 Å². The number of benzene rings is 2. The van der Waals surface area contributed by atoms with E-state index in [-0.39, 0.29) is 24.9 Å². The van der Waals surface area contributed by atoms with E-state index in [1.54, 1.807) is 55.5 Å². The van der Waals surface area contributed by atoms with Crippen LogP contribution >= 0.6 is 12.4 Å². The van der Waals surface area contributed by atoms with Crippen LogP contribution in [0.15, 0.2) is 36.4 Å². The molecule has 6 nitrogen and oxygen atoms in total. The number of aliphatic hydroxyl groups excluding tert-OH is 1. The average Bonchev–Trinajstić information content (AvgIpc) is 2.60. The van der Waals surface area contributed by atoms with Gasteiger partial charge in [0.2, 0.25) is 0 Å². The SMILES string of the molecule is COc1ccc(OC)c2c1CN(C(=O)c1ccccc1N)CC2O.Cl. The van der Waals surface area contributed by atoms with Crippen molar-refractivity contribution in [2.24, 2.45) is 0 Å². The first-order valence-electron chi connectivity index (χ1n) is 7.62. The van der Waals surface area contributed by atoms with Crippen molar-refractivity contribution < 1.29 is 19.4 Å². The number of fused-ring (bicyclic) bond motifs is 1. The summed E-state index contributed by atoms with van der Waals surface area (Å²) < 4.78 is 10.7. The highest BCUT2D eigenvalue weighted by Gasteiger charge is 2.32. The third-order valence-corrected chi connectivity index (χ3v) is 4.27. The van der Waals surface area contributed by atoms with E-state index in [0.29, 0.717) is 34.9 Å². The van der Waals surface area contributed by atoms with Crippen molar-refractivity contribution in [1.82, 2.24) is 4.90 Å². The molecule has 0 fully saturated rings. The van der Waals surface area contributed by atoms with E-state index in [1.807, 2.05) is 0 Å². The Morgan fingerprint density at radius 2 is 1.80 bits per heavy atom. The topological polar surface area (TPSA) is 85.0 Å². The predicted molar refractivity (Wildman–Crippen MR) is 97.3 cm³/mol. The molecule has 2 aromatic rings. The number of amides is 1. The van der Waals surface area contributed by atoms with Crippen LogP contribution in [-0.2, 0) is 6.54 Å². The van der Waals surface area contributed by atoms with Gasteiger partial charge in [0.25, 0.3) is 5.91 Å². The molecular formula is C18H21ClN2O4. The van der Waals surface area contributed by atoms with Crippen LogP contribution in [0.3, 0.4) is 0 Å². The van der Waals surface area contributed by atoms with Gasteiger partial charge in [0.05, 0.1) is 32.9 Å². The molecule has 1 atom stereocenters. The standard InChI is InChI=1S/C18H20N2O4.ClH/c1-23-15-7-8-16(24-2)17-12(15)9-20(10-14(17)21)18(22)11-5-3-4-6-13(11)19;/h3-8,14,21H,9-10,19H2,1-2H3;1H. The maximum Gasteiger partial charge on any atom is 0.256 e. The lowest BCUT2D eigenvalue weighted by atomic mass is 9.94. The number of nitrogens with two attached hydrogens (primary N) is 1.